The summed E-state index contributed by atoms with van der Waals surface area (Å²) in [5.41, 5.74) is 21.3. The van der Waals surface area contributed by atoms with Crippen molar-refractivity contribution < 1.29 is 4.39 Å². The van der Waals surface area contributed by atoms with Crippen LogP contribution >= 0.6 is 0 Å². The van der Waals surface area contributed by atoms with Crippen molar-refractivity contribution in [3.05, 3.63) is 245 Å². The van der Waals surface area contributed by atoms with Gasteiger partial charge in [-0.3, -0.25) is 0 Å². The van der Waals surface area contributed by atoms with Crippen molar-refractivity contribution in [2.45, 2.75) is 56.8 Å². The molecule has 3 nitrogen and oxygen atoms in total. The molecule has 3 unspecified atom stereocenters. The Morgan fingerprint density at radius 1 is 0.464 bits per heavy atom. The number of halogens is 1. The van der Waals surface area contributed by atoms with Crippen molar-refractivity contribution in [3.8, 4) is 16.8 Å². The number of aromatic nitrogens is 1. The molecule has 1 spiro atoms. The Morgan fingerprint density at radius 3 is 1.68 bits per heavy atom. The summed E-state index contributed by atoms with van der Waals surface area (Å²) < 4.78 is 16.8. The van der Waals surface area contributed by atoms with Gasteiger partial charge in [-0.1, -0.05) is 136 Å². The van der Waals surface area contributed by atoms with Crippen LogP contribution in [0.4, 0.5) is 38.5 Å². The van der Waals surface area contributed by atoms with Crippen LogP contribution in [0.5, 0.6) is 0 Å². The zero-order valence-corrected chi connectivity index (χ0v) is 39.0. The zero-order chi connectivity index (χ0) is 46.0. The summed E-state index contributed by atoms with van der Waals surface area (Å²) in [7, 11) is 0. The minimum Gasteiger partial charge on any atom is -0.310 e. The average Bonchev–Trinajstić information content (AvgIpc) is 4.10. The SMILES string of the molecule is CC1(C)c2ccccc2-c2ccc(N(c3ccccc3)c3cccc4c3C35c6c(cccc6N(c6ccccc6)c6ccc7c8ccccc8n(-c8ccc(F)cc8)c7c6)CC3CCCC5C4)cc21. The van der Waals surface area contributed by atoms with Crippen LogP contribution in [-0.2, 0) is 23.7 Å². The predicted molar refractivity (Wildman–Crippen MR) is 283 cm³/mol. The van der Waals surface area contributed by atoms with Gasteiger partial charge in [-0.15, -0.1) is 0 Å². The second-order valence-corrected chi connectivity index (χ2v) is 20.5. The highest BCUT2D eigenvalue weighted by Gasteiger charge is 2.60. The lowest BCUT2D eigenvalue weighted by Gasteiger charge is -2.46. The molecule has 9 aromatic carbocycles. The first-order valence-corrected chi connectivity index (χ1v) is 24.9. The number of hydrogen-bond acceptors (Lipinski definition) is 2. The van der Waals surface area contributed by atoms with Gasteiger partial charge in [0, 0.05) is 50.0 Å². The molecule has 4 aliphatic carbocycles. The van der Waals surface area contributed by atoms with E-state index in [-0.39, 0.29) is 16.6 Å². The van der Waals surface area contributed by atoms with E-state index in [4.69, 9.17) is 0 Å². The summed E-state index contributed by atoms with van der Waals surface area (Å²) in [4.78, 5) is 5.14. The van der Waals surface area contributed by atoms with E-state index in [0.29, 0.717) is 11.8 Å². The predicted octanol–water partition coefficient (Wildman–Crippen LogP) is 17.0. The van der Waals surface area contributed by atoms with Crippen LogP contribution in [0.2, 0.25) is 0 Å². The first-order valence-electron chi connectivity index (χ1n) is 24.9. The first-order chi connectivity index (χ1) is 33.9. The van der Waals surface area contributed by atoms with Gasteiger partial charge >= 0.3 is 0 Å². The van der Waals surface area contributed by atoms with Crippen LogP contribution in [0.3, 0.4) is 0 Å². The van der Waals surface area contributed by atoms with Crippen molar-refractivity contribution in [1.82, 2.24) is 4.57 Å². The molecule has 14 rings (SSSR count). The molecule has 1 fully saturated rings. The smallest absolute Gasteiger partial charge is 0.123 e. The molecular weight excluding hydrogens is 842 g/mol. The van der Waals surface area contributed by atoms with Crippen LogP contribution in [0.25, 0.3) is 38.6 Å². The molecule has 0 amide bonds. The number of anilines is 6. The normalized spacial score (nSPS) is 19.1. The molecule has 0 aliphatic heterocycles. The Morgan fingerprint density at radius 2 is 1.01 bits per heavy atom. The quantitative estimate of drug-likeness (QED) is 0.158. The number of fused-ring (bicyclic) bond motifs is 8. The minimum absolute atomic E-state index is 0.127. The Hall–Kier alpha value is -7.69. The Labute approximate surface area is 403 Å². The fourth-order valence-electron chi connectivity index (χ4n) is 14.0. The van der Waals surface area contributed by atoms with E-state index in [1.54, 1.807) is 12.1 Å². The van der Waals surface area contributed by atoms with E-state index in [2.05, 4.69) is 210 Å². The van der Waals surface area contributed by atoms with Gasteiger partial charge in [0.25, 0.3) is 0 Å². The maximum absolute atomic E-state index is 14.5. The second-order valence-electron chi connectivity index (χ2n) is 20.5. The molecule has 1 aromatic heterocycles. The van der Waals surface area contributed by atoms with Crippen molar-refractivity contribution >= 4 is 55.9 Å². The van der Waals surface area contributed by atoms with Gasteiger partial charge in [0.05, 0.1) is 22.4 Å². The zero-order valence-electron chi connectivity index (χ0n) is 39.0. The van der Waals surface area contributed by atoms with E-state index in [1.165, 1.54) is 97.3 Å². The molecule has 1 saturated carbocycles. The number of para-hydroxylation sites is 3. The molecule has 334 valence electrons. The van der Waals surface area contributed by atoms with Crippen LogP contribution in [0.15, 0.2) is 206 Å². The topological polar surface area (TPSA) is 11.4 Å². The van der Waals surface area contributed by atoms with Crippen molar-refractivity contribution in [2.24, 2.45) is 11.8 Å². The fraction of sp³-hybridized carbons (Fsp3) is 0.169. The number of rotatable bonds is 7. The van der Waals surface area contributed by atoms with Crippen LogP contribution in [-0.4, -0.2) is 4.57 Å². The van der Waals surface area contributed by atoms with Crippen molar-refractivity contribution in [2.75, 3.05) is 9.80 Å². The molecule has 0 radical (unpaired) electrons. The van der Waals surface area contributed by atoms with Gasteiger partial charge in [0.2, 0.25) is 0 Å². The molecule has 69 heavy (non-hydrogen) atoms. The number of hydrogen-bond donors (Lipinski definition) is 0. The molecule has 3 atom stereocenters. The van der Waals surface area contributed by atoms with Crippen molar-refractivity contribution in [1.29, 1.82) is 0 Å². The lowest BCUT2D eigenvalue weighted by Crippen LogP contribution is -2.42. The highest BCUT2D eigenvalue weighted by Crippen LogP contribution is 2.67. The monoisotopic (exact) mass is 893 g/mol. The summed E-state index contributed by atoms with van der Waals surface area (Å²) in [6.45, 7) is 4.78. The average molecular weight is 894 g/mol. The third-order valence-corrected chi connectivity index (χ3v) is 16.7. The summed E-state index contributed by atoms with van der Waals surface area (Å²) in [5.74, 6) is 0.682. The molecule has 0 N–H and O–H groups in total. The Bertz CT molecular complexity index is 3660. The Kier molecular flexibility index (Phi) is 8.87. The van der Waals surface area contributed by atoms with Gasteiger partial charge < -0.3 is 14.4 Å². The largest absolute Gasteiger partial charge is 0.310 e. The van der Waals surface area contributed by atoms with E-state index >= 15 is 0 Å². The van der Waals surface area contributed by atoms with Gasteiger partial charge in [0.15, 0.2) is 0 Å². The lowest BCUT2D eigenvalue weighted by atomic mass is 9.58. The van der Waals surface area contributed by atoms with Gasteiger partial charge in [-0.2, -0.15) is 0 Å². The molecule has 0 bridgehead atoms. The van der Waals surface area contributed by atoms with Crippen molar-refractivity contribution in [3.63, 3.8) is 0 Å². The third kappa shape index (κ3) is 5.78. The van der Waals surface area contributed by atoms with Gasteiger partial charge in [-0.05, 0) is 173 Å². The maximum Gasteiger partial charge on any atom is 0.123 e. The second kappa shape index (κ2) is 15.2. The molecule has 4 heteroatoms. The van der Waals surface area contributed by atoms with E-state index in [1.807, 2.05) is 12.1 Å². The van der Waals surface area contributed by atoms with Gasteiger partial charge in [-0.25, -0.2) is 4.39 Å². The van der Waals surface area contributed by atoms with Crippen LogP contribution in [0, 0.1) is 17.7 Å². The summed E-state index contributed by atoms with van der Waals surface area (Å²) in [6, 6.07) is 75.2. The molecule has 4 aliphatic rings. The summed E-state index contributed by atoms with van der Waals surface area (Å²) >= 11 is 0. The maximum atomic E-state index is 14.5. The summed E-state index contributed by atoms with van der Waals surface area (Å²) in [5, 5.41) is 2.35. The highest BCUT2D eigenvalue weighted by molar-refractivity contribution is 6.10. The molecule has 10 aromatic rings. The van der Waals surface area contributed by atoms with E-state index in [9.17, 15) is 4.39 Å². The van der Waals surface area contributed by atoms with E-state index in [0.717, 1.165) is 40.9 Å². The van der Waals surface area contributed by atoms with Crippen LogP contribution in [0.1, 0.15) is 66.5 Å². The standard InChI is InChI=1S/C65H52FN3/c1-64(2)56-26-11-9-24-52(56)53-36-34-50(40-57(53)64)67(47-20-5-3-6-21-47)59-28-13-16-42-38-44-18-15-19-45-39-43-17-14-29-60(63(43)65(44,45)62(42)59)68(48-22-7-4-8-23-48)51-35-37-55-54-25-10-12-27-58(54)69(61(55)41-51)49-32-30-46(66)31-33-49/h3-14,16-17,20-37,40-41,44-45H,15,18-19,38-39H2,1-2H3. The molecule has 1 heterocycles. The first kappa shape index (κ1) is 40.4. The van der Waals surface area contributed by atoms with E-state index < -0.39 is 0 Å². The summed E-state index contributed by atoms with van der Waals surface area (Å²) in [6.07, 6.45) is 5.77. The lowest BCUT2D eigenvalue weighted by molar-refractivity contribution is 0.177. The minimum atomic E-state index is -0.238. The molecule has 0 saturated heterocycles. The highest BCUT2D eigenvalue weighted by atomic mass is 19.1. The Balaban J connectivity index is 1.01. The van der Waals surface area contributed by atoms with Gasteiger partial charge in [0.1, 0.15) is 5.82 Å². The van der Waals surface area contributed by atoms with Crippen LogP contribution < -0.4 is 9.80 Å². The molecular formula is C65H52FN3. The fourth-order valence-corrected chi connectivity index (χ4v) is 14.0. The number of nitrogens with zero attached hydrogens (tertiary/aromatic N) is 3. The third-order valence-electron chi connectivity index (χ3n) is 16.7. The number of benzene rings is 9.